The first-order chi connectivity index (χ1) is 16.4. The van der Waals surface area contributed by atoms with E-state index < -0.39 is 0 Å². The molecule has 0 spiro atoms. The van der Waals surface area contributed by atoms with Gasteiger partial charge in [-0.2, -0.15) is 0 Å². The van der Waals surface area contributed by atoms with Gasteiger partial charge in [0, 0.05) is 43.8 Å². The van der Waals surface area contributed by atoms with E-state index in [0.29, 0.717) is 34.9 Å². The Morgan fingerprint density at radius 1 is 1.21 bits per heavy atom. The Kier molecular flexibility index (Phi) is 5.98. The van der Waals surface area contributed by atoms with Gasteiger partial charge in [-0.1, -0.05) is 0 Å². The van der Waals surface area contributed by atoms with Gasteiger partial charge in [0.25, 0.3) is 5.91 Å². The van der Waals surface area contributed by atoms with Crippen molar-refractivity contribution in [3.8, 4) is 0 Å². The number of hydrogen-bond acceptors (Lipinski definition) is 4. The quantitative estimate of drug-likeness (QED) is 0.562. The van der Waals surface area contributed by atoms with Gasteiger partial charge in [0.2, 0.25) is 5.62 Å². The Balaban J connectivity index is 1.45. The highest BCUT2D eigenvalue weighted by Crippen LogP contribution is 2.41. The van der Waals surface area contributed by atoms with Crippen LogP contribution in [-0.2, 0) is 13.6 Å². The first-order valence-corrected chi connectivity index (χ1v) is 12.0. The minimum absolute atomic E-state index is 0.146. The lowest BCUT2D eigenvalue weighted by Crippen LogP contribution is -2.31. The van der Waals surface area contributed by atoms with E-state index >= 15 is 0 Å². The highest BCUT2D eigenvalue weighted by atomic mass is 19.1. The van der Waals surface area contributed by atoms with Gasteiger partial charge in [0.1, 0.15) is 5.82 Å². The van der Waals surface area contributed by atoms with Crippen molar-refractivity contribution in [2.75, 3.05) is 18.0 Å². The number of carbonyl (C=O) groups is 1. The first-order valence-electron chi connectivity index (χ1n) is 12.0. The molecule has 1 amide bonds. The molecule has 178 valence electrons. The zero-order chi connectivity index (χ0) is 23.8. The molecule has 2 N–H and O–H groups in total. The van der Waals surface area contributed by atoms with E-state index in [9.17, 15) is 9.18 Å². The molecule has 5 rings (SSSR count). The molecule has 8 heteroatoms. The van der Waals surface area contributed by atoms with E-state index in [0.717, 1.165) is 50.0 Å². The van der Waals surface area contributed by atoms with Crippen LogP contribution < -0.4 is 15.8 Å². The standard InChI is InChI=1S/C26H31FN6O/c1-17-11-23(29-15-22(17)27)24(19-5-6-19)30-25(34)20-12-18(16-33-10-9-31(2)26(33)28)13-21(14-20)32-7-3-4-8-32/h9-15,19,24,28H,3-8,16H2,1-2H3,(H,30,34). The van der Waals surface area contributed by atoms with Crippen molar-refractivity contribution in [2.45, 2.75) is 45.2 Å². The highest BCUT2D eigenvalue weighted by molar-refractivity contribution is 5.95. The summed E-state index contributed by atoms with van der Waals surface area (Å²) in [6.45, 7) is 4.21. The number of benzene rings is 1. The summed E-state index contributed by atoms with van der Waals surface area (Å²) in [5.74, 6) is -0.153. The summed E-state index contributed by atoms with van der Waals surface area (Å²) in [5.41, 5.74) is 4.29. The molecule has 2 aromatic heterocycles. The molecule has 1 atom stereocenters. The molecule has 0 radical (unpaired) electrons. The van der Waals surface area contributed by atoms with Crippen LogP contribution in [0, 0.1) is 24.1 Å². The highest BCUT2D eigenvalue weighted by Gasteiger charge is 2.35. The van der Waals surface area contributed by atoms with E-state index in [4.69, 9.17) is 5.41 Å². The summed E-state index contributed by atoms with van der Waals surface area (Å²) in [5, 5.41) is 11.5. The van der Waals surface area contributed by atoms with Crippen LogP contribution in [0.1, 0.15) is 58.9 Å². The topological polar surface area (TPSA) is 78.9 Å². The monoisotopic (exact) mass is 462 g/mol. The normalized spacial score (nSPS) is 16.6. The number of carbonyl (C=O) groups excluding carboxylic acids is 1. The fraction of sp³-hybridized carbons (Fsp3) is 0.423. The van der Waals surface area contributed by atoms with Crippen molar-refractivity contribution in [1.29, 1.82) is 5.41 Å². The Labute approximate surface area is 198 Å². The molecule has 3 aromatic rings. The third kappa shape index (κ3) is 4.62. The van der Waals surface area contributed by atoms with Gasteiger partial charge in [-0.15, -0.1) is 0 Å². The maximum atomic E-state index is 13.8. The van der Waals surface area contributed by atoms with E-state index in [-0.39, 0.29) is 17.8 Å². The lowest BCUT2D eigenvalue weighted by Gasteiger charge is -2.22. The molecule has 1 aliphatic carbocycles. The van der Waals surface area contributed by atoms with Crippen LogP contribution >= 0.6 is 0 Å². The number of anilines is 1. The molecule has 0 bridgehead atoms. The second kappa shape index (κ2) is 9.08. The number of halogens is 1. The molecule has 1 saturated heterocycles. The second-order valence-corrected chi connectivity index (χ2v) is 9.59. The number of amides is 1. The van der Waals surface area contributed by atoms with Crippen molar-refractivity contribution in [3.05, 3.63) is 76.7 Å². The van der Waals surface area contributed by atoms with E-state index in [1.807, 2.05) is 36.1 Å². The Morgan fingerprint density at radius 3 is 2.62 bits per heavy atom. The molecule has 1 aromatic carbocycles. The maximum Gasteiger partial charge on any atom is 0.251 e. The van der Waals surface area contributed by atoms with Gasteiger partial charge >= 0.3 is 0 Å². The van der Waals surface area contributed by atoms with Crippen molar-refractivity contribution < 1.29 is 9.18 Å². The molecular weight excluding hydrogens is 431 g/mol. The lowest BCUT2D eigenvalue weighted by atomic mass is 10.0. The molecule has 34 heavy (non-hydrogen) atoms. The molecule has 2 aliphatic rings. The summed E-state index contributed by atoms with van der Waals surface area (Å²) in [6, 6.07) is 7.53. The van der Waals surface area contributed by atoms with Gasteiger partial charge < -0.3 is 19.4 Å². The van der Waals surface area contributed by atoms with Crippen molar-refractivity contribution in [2.24, 2.45) is 13.0 Å². The van der Waals surface area contributed by atoms with E-state index in [1.54, 1.807) is 17.6 Å². The summed E-state index contributed by atoms with van der Waals surface area (Å²) in [6.07, 6.45) is 9.34. The minimum atomic E-state index is -0.334. The Bertz CT molecular complexity index is 1270. The number of nitrogens with one attached hydrogen (secondary N) is 2. The van der Waals surface area contributed by atoms with Gasteiger partial charge in [-0.05, 0) is 73.9 Å². The fourth-order valence-electron chi connectivity index (χ4n) is 4.72. The second-order valence-electron chi connectivity index (χ2n) is 9.59. The summed E-state index contributed by atoms with van der Waals surface area (Å²) < 4.78 is 17.4. The summed E-state index contributed by atoms with van der Waals surface area (Å²) >= 11 is 0. The van der Waals surface area contributed by atoms with Gasteiger partial charge in [-0.25, -0.2) is 4.39 Å². The maximum absolute atomic E-state index is 13.8. The van der Waals surface area contributed by atoms with E-state index in [2.05, 4.69) is 21.3 Å². The number of pyridine rings is 1. The Morgan fingerprint density at radius 2 is 1.97 bits per heavy atom. The minimum Gasteiger partial charge on any atom is -0.372 e. The van der Waals surface area contributed by atoms with Crippen molar-refractivity contribution in [1.82, 2.24) is 19.4 Å². The number of aryl methyl sites for hydroxylation is 2. The van der Waals surface area contributed by atoms with Gasteiger partial charge in [0.15, 0.2) is 0 Å². The summed E-state index contributed by atoms with van der Waals surface area (Å²) in [7, 11) is 1.85. The van der Waals surface area contributed by atoms with Crippen LogP contribution in [0.2, 0.25) is 0 Å². The van der Waals surface area contributed by atoms with Crippen LogP contribution in [0.5, 0.6) is 0 Å². The first kappa shape index (κ1) is 22.4. The van der Waals surface area contributed by atoms with E-state index in [1.165, 1.54) is 6.20 Å². The zero-order valence-corrected chi connectivity index (χ0v) is 19.7. The average molecular weight is 463 g/mol. The lowest BCUT2D eigenvalue weighted by molar-refractivity contribution is 0.0930. The van der Waals surface area contributed by atoms with Gasteiger partial charge in [-0.3, -0.25) is 15.2 Å². The van der Waals surface area contributed by atoms with Crippen molar-refractivity contribution in [3.63, 3.8) is 0 Å². The number of nitrogens with zero attached hydrogens (tertiary/aromatic N) is 4. The van der Waals surface area contributed by atoms with Crippen LogP contribution in [0.4, 0.5) is 10.1 Å². The number of hydrogen-bond donors (Lipinski definition) is 2. The third-order valence-corrected chi connectivity index (χ3v) is 6.91. The van der Waals surface area contributed by atoms with Crippen molar-refractivity contribution >= 4 is 11.6 Å². The van der Waals surface area contributed by atoms with Gasteiger partial charge in [0.05, 0.1) is 24.5 Å². The zero-order valence-electron chi connectivity index (χ0n) is 19.7. The predicted octanol–water partition coefficient (Wildman–Crippen LogP) is 3.68. The number of aromatic nitrogens is 3. The number of imidazole rings is 1. The van der Waals surface area contributed by atoms with Crippen LogP contribution in [0.25, 0.3) is 0 Å². The molecule has 1 unspecified atom stereocenters. The molecule has 1 saturated carbocycles. The fourth-order valence-corrected chi connectivity index (χ4v) is 4.72. The molecular formula is C26H31FN6O. The Hall–Kier alpha value is -3.42. The molecule has 1 aliphatic heterocycles. The van der Waals surface area contributed by atoms with Crippen LogP contribution in [-0.4, -0.2) is 33.1 Å². The predicted molar refractivity (Wildman–Crippen MR) is 128 cm³/mol. The molecule has 7 nitrogen and oxygen atoms in total. The number of rotatable bonds is 7. The summed E-state index contributed by atoms with van der Waals surface area (Å²) in [4.78, 5) is 20.1. The SMILES string of the molecule is Cc1cc(C(NC(=O)c2cc(Cn3ccn(C)c3=N)cc(N3CCCC3)c2)C2CC2)ncc1F. The van der Waals surface area contributed by atoms with Crippen LogP contribution in [0.3, 0.4) is 0 Å². The molecule has 2 fully saturated rings. The smallest absolute Gasteiger partial charge is 0.251 e. The third-order valence-electron chi connectivity index (χ3n) is 6.91. The molecule has 3 heterocycles. The largest absolute Gasteiger partial charge is 0.372 e. The van der Waals surface area contributed by atoms with Crippen LogP contribution in [0.15, 0.2) is 42.9 Å². The average Bonchev–Trinajstić information content (AvgIpc) is 3.43.